The Kier molecular flexibility index (Phi) is 5.06. The summed E-state index contributed by atoms with van der Waals surface area (Å²) in [6.07, 6.45) is 1.80. The highest BCUT2D eigenvalue weighted by Crippen LogP contribution is 2.35. The lowest BCUT2D eigenvalue weighted by Crippen LogP contribution is -2.43. The normalized spacial score (nSPS) is 16.2. The van der Waals surface area contributed by atoms with Gasteiger partial charge in [0.2, 0.25) is 0 Å². The Hall–Kier alpha value is -1.33. The number of rotatable bonds is 3. The molecule has 2 rings (SSSR count). The van der Waals surface area contributed by atoms with Crippen LogP contribution in [0, 0.1) is 6.92 Å². The topological polar surface area (TPSA) is 27.6 Å². The summed E-state index contributed by atoms with van der Waals surface area (Å²) in [5.74, 6) is 0. The van der Waals surface area contributed by atoms with Crippen molar-refractivity contribution >= 4 is 39.9 Å². The summed E-state index contributed by atoms with van der Waals surface area (Å²) in [6, 6.07) is 8.22. The minimum atomic E-state index is 0.115. The van der Waals surface area contributed by atoms with Gasteiger partial charge in [0.15, 0.2) is 10.3 Å². The molecule has 1 N–H and O–H groups in total. The standard InChI is InChI=1S/C16H21N3S2/c1-5-10-17-14(20)19(13-9-7-6-8-12(13)2)15-18-11-16(3,4)21-15/h5-9H,1,10-11H2,2-4H3,(H,17,20). The number of benzene rings is 1. The molecule has 0 fully saturated rings. The summed E-state index contributed by atoms with van der Waals surface area (Å²) in [5, 5.41) is 4.82. The number of nitrogens with zero attached hydrogens (tertiary/aromatic N) is 2. The molecule has 1 aliphatic rings. The minimum Gasteiger partial charge on any atom is -0.358 e. The smallest absolute Gasteiger partial charge is 0.180 e. The third kappa shape index (κ3) is 3.86. The van der Waals surface area contributed by atoms with Gasteiger partial charge in [0.25, 0.3) is 0 Å². The van der Waals surface area contributed by atoms with Gasteiger partial charge in [-0.25, -0.2) is 0 Å². The van der Waals surface area contributed by atoms with Gasteiger partial charge in [-0.1, -0.05) is 36.0 Å². The van der Waals surface area contributed by atoms with Gasteiger partial charge in [-0.05, 0) is 44.6 Å². The number of anilines is 1. The van der Waals surface area contributed by atoms with Crippen LogP contribution in [0.5, 0.6) is 0 Å². The lowest BCUT2D eigenvalue weighted by Gasteiger charge is -2.27. The Morgan fingerprint density at radius 3 is 2.81 bits per heavy atom. The predicted molar refractivity (Wildman–Crippen MR) is 98.4 cm³/mol. The fraction of sp³-hybridized carbons (Fsp3) is 0.375. The fourth-order valence-electron chi connectivity index (χ4n) is 2.04. The van der Waals surface area contributed by atoms with E-state index in [0.717, 1.165) is 17.4 Å². The summed E-state index contributed by atoms with van der Waals surface area (Å²) in [5.41, 5.74) is 2.25. The Balaban J connectivity index is 2.34. The van der Waals surface area contributed by atoms with Crippen molar-refractivity contribution in [1.82, 2.24) is 5.32 Å². The fourth-order valence-corrected chi connectivity index (χ4v) is 3.40. The van der Waals surface area contributed by atoms with Crippen LogP contribution in [0.4, 0.5) is 5.69 Å². The molecule has 0 aromatic heterocycles. The first-order valence-corrected chi connectivity index (χ1v) is 8.15. The average molecular weight is 319 g/mol. The molecule has 0 radical (unpaired) electrons. The summed E-state index contributed by atoms with van der Waals surface area (Å²) in [6.45, 7) is 11.7. The largest absolute Gasteiger partial charge is 0.358 e. The van der Waals surface area contributed by atoms with Crippen LogP contribution >= 0.6 is 24.0 Å². The molecular formula is C16H21N3S2. The van der Waals surface area contributed by atoms with E-state index in [1.807, 2.05) is 17.0 Å². The minimum absolute atomic E-state index is 0.115. The monoisotopic (exact) mass is 319 g/mol. The average Bonchev–Trinajstić information content (AvgIpc) is 2.79. The van der Waals surface area contributed by atoms with Crippen LogP contribution in [0.1, 0.15) is 19.4 Å². The molecule has 1 heterocycles. The lowest BCUT2D eigenvalue weighted by molar-refractivity contribution is 0.741. The maximum atomic E-state index is 5.57. The zero-order valence-corrected chi connectivity index (χ0v) is 14.4. The van der Waals surface area contributed by atoms with Gasteiger partial charge in [0, 0.05) is 11.3 Å². The van der Waals surface area contributed by atoms with Gasteiger partial charge in [0.1, 0.15) is 0 Å². The van der Waals surface area contributed by atoms with Crippen LogP contribution in [-0.4, -0.2) is 28.1 Å². The van der Waals surface area contributed by atoms with E-state index in [1.54, 1.807) is 17.8 Å². The summed E-state index contributed by atoms with van der Waals surface area (Å²) >= 11 is 7.33. The van der Waals surface area contributed by atoms with Gasteiger partial charge in [0.05, 0.1) is 12.2 Å². The van der Waals surface area contributed by atoms with E-state index >= 15 is 0 Å². The van der Waals surface area contributed by atoms with E-state index < -0.39 is 0 Å². The molecule has 1 aromatic rings. The quantitative estimate of drug-likeness (QED) is 0.678. The van der Waals surface area contributed by atoms with Crippen LogP contribution in [-0.2, 0) is 0 Å². The molecule has 1 aromatic carbocycles. The Morgan fingerprint density at radius 2 is 2.24 bits per heavy atom. The molecule has 1 aliphatic heterocycles. The first-order chi connectivity index (χ1) is 9.94. The molecule has 5 heteroatoms. The molecular weight excluding hydrogens is 298 g/mol. The Morgan fingerprint density at radius 1 is 1.52 bits per heavy atom. The van der Waals surface area contributed by atoms with E-state index in [2.05, 4.69) is 49.8 Å². The van der Waals surface area contributed by atoms with E-state index in [1.165, 1.54) is 5.56 Å². The molecule has 3 nitrogen and oxygen atoms in total. The van der Waals surface area contributed by atoms with Crippen LogP contribution < -0.4 is 10.2 Å². The number of amidine groups is 1. The molecule has 112 valence electrons. The summed E-state index contributed by atoms with van der Waals surface area (Å²) < 4.78 is 0.115. The van der Waals surface area contributed by atoms with Crippen molar-refractivity contribution in [2.45, 2.75) is 25.5 Å². The predicted octanol–water partition coefficient (Wildman–Crippen LogP) is 3.74. The molecule has 0 spiro atoms. The SMILES string of the molecule is C=CCNC(=S)N(C1=NCC(C)(C)S1)c1ccccc1C. The zero-order chi connectivity index (χ0) is 15.5. The highest BCUT2D eigenvalue weighted by Gasteiger charge is 2.32. The third-order valence-corrected chi connectivity index (χ3v) is 4.61. The molecule has 0 atom stereocenters. The molecule has 0 unspecified atom stereocenters. The molecule has 0 saturated heterocycles. The Bertz CT molecular complexity index is 579. The molecule has 0 bridgehead atoms. The Labute approximate surface area is 136 Å². The zero-order valence-electron chi connectivity index (χ0n) is 12.7. The van der Waals surface area contributed by atoms with Crippen molar-refractivity contribution in [3.63, 3.8) is 0 Å². The highest BCUT2D eigenvalue weighted by atomic mass is 32.2. The lowest BCUT2D eigenvalue weighted by atomic mass is 10.2. The number of hydrogen-bond acceptors (Lipinski definition) is 3. The molecule has 0 saturated carbocycles. The number of hydrogen-bond donors (Lipinski definition) is 1. The number of para-hydroxylation sites is 1. The second-order valence-electron chi connectivity index (χ2n) is 5.56. The first-order valence-electron chi connectivity index (χ1n) is 6.92. The number of thiocarbonyl (C=S) groups is 1. The van der Waals surface area contributed by atoms with Crippen LogP contribution in [0.2, 0.25) is 0 Å². The van der Waals surface area contributed by atoms with Gasteiger partial charge < -0.3 is 5.32 Å². The first kappa shape index (κ1) is 16.0. The number of aryl methyl sites for hydroxylation is 1. The highest BCUT2D eigenvalue weighted by molar-refractivity contribution is 8.15. The maximum absolute atomic E-state index is 5.57. The van der Waals surface area contributed by atoms with Gasteiger partial charge >= 0.3 is 0 Å². The van der Waals surface area contributed by atoms with Crippen molar-refractivity contribution in [3.05, 3.63) is 42.5 Å². The van der Waals surface area contributed by atoms with Gasteiger partial charge in [-0.2, -0.15) is 0 Å². The second-order valence-corrected chi connectivity index (χ2v) is 7.62. The maximum Gasteiger partial charge on any atom is 0.180 e. The summed E-state index contributed by atoms with van der Waals surface area (Å²) in [7, 11) is 0. The molecule has 21 heavy (non-hydrogen) atoms. The van der Waals surface area contributed by atoms with Crippen LogP contribution in [0.25, 0.3) is 0 Å². The molecule has 0 aliphatic carbocycles. The van der Waals surface area contributed by atoms with Crippen molar-refractivity contribution in [2.24, 2.45) is 4.99 Å². The van der Waals surface area contributed by atoms with Crippen molar-refractivity contribution in [1.29, 1.82) is 0 Å². The third-order valence-electron chi connectivity index (χ3n) is 3.11. The van der Waals surface area contributed by atoms with E-state index in [-0.39, 0.29) is 4.75 Å². The van der Waals surface area contributed by atoms with Gasteiger partial charge in [-0.15, -0.1) is 6.58 Å². The summed E-state index contributed by atoms with van der Waals surface area (Å²) in [4.78, 5) is 6.72. The van der Waals surface area contributed by atoms with Crippen LogP contribution in [0.3, 0.4) is 0 Å². The van der Waals surface area contributed by atoms with Crippen molar-refractivity contribution < 1.29 is 0 Å². The number of thioether (sulfide) groups is 1. The van der Waals surface area contributed by atoms with Gasteiger partial charge in [-0.3, -0.25) is 9.89 Å². The van der Waals surface area contributed by atoms with Crippen molar-refractivity contribution in [3.8, 4) is 0 Å². The second kappa shape index (κ2) is 6.62. The van der Waals surface area contributed by atoms with Crippen molar-refractivity contribution in [2.75, 3.05) is 18.0 Å². The number of nitrogens with one attached hydrogen (secondary N) is 1. The van der Waals surface area contributed by atoms with E-state index in [4.69, 9.17) is 12.2 Å². The molecule has 0 amide bonds. The van der Waals surface area contributed by atoms with E-state index in [0.29, 0.717) is 11.7 Å². The number of aliphatic imine (C=N–C) groups is 1. The van der Waals surface area contributed by atoms with E-state index in [9.17, 15) is 0 Å². The van der Waals surface area contributed by atoms with Crippen LogP contribution in [0.15, 0.2) is 41.9 Å².